The number of aliphatic hydroxyl groups is 2. The summed E-state index contributed by atoms with van der Waals surface area (Å²) in [4.78, 5) is 23.8. The highest BCUT2D eigenvalue weighted by Crippen LogP contribution is 2.36. The lowest BCUT2D eigenvalue weighted by molar-refractivity contribution is -0.147. The normalized spacial score (nSPS) is 23.8. The van der Waals surface area contributed by atoms with Gasteiger partial charge in [-0.05, 0) is 57.1 Å². The molecule has 2 rings (SSSR count). The molecule has 0 bridgehead atoms. The summed E-state index contributed by atoms with van der Waals surface area (Å²) in [5.41, 5.74) is 1.13. The molecule has 2 N–H and O–H groups in total. The van der Waals surface area contributed by atoms with Crippen LogP contribution in [0.5, 0.6) is 0 Å². The van der Waals surface area contributed by atoms with E-state index in [0.717, 1.165) is 18.4 Å². The molecule has 1 aliphatic rings. The molecule has 0 heterocycles. The van der Waals surface area contributed by atoms with E-state index in [1.165, 1.54) is 0 Å². The maximum absolute atomic E-state index is 12.2. The van der Waals surface area contributed by atoms with Gasteiger partial charge in [0.2, 0.25) is 0 Å². The monoisotopic (exact) mass is 428 g/mol. The summed E-state index contributed by atoms with van der Waals surface area (Å²) in [5, 5.41) is 20.7. The molecule has 170 valence electrons. The molecule has 4 atom stereocenters. The lowest BCUT2D eigenvalue weighted by Crippen LogP contribution is -2.20. The second-order valence-electron chi connectivity index (χ2n) is 8.56. The van der Waals surface area contributed by atoms with Crippen LogP contribution in [0, 0.1) is 11.8 Å². The van der Waals surface area contributed by atoms with Crippen LogP contribution in [0.4, 0.5) is 0 Å². The van der Waals surface area contributed by atoms with Crippen molar-refractivity contribution in [3.05, 3.63) is 60.2 Å². The SMILES string of the molecule is CC(C)OC(=O)CCC/C=C\C[C@@H]1[C@@H](/C=C/C(=O)CCc2ccccc2)[C@H](O)C[C@@H]1O. The number of allylic oxidation sites excluding steroid dienone is 3. The molecule has 31 heavy (non-hydrogen) atoms. The van der Waals surface area contributed by atoms with Crippen LogP contribution in [0.3, 0.4) is 0 Å². The highest BCUT2D eigenvalue weighted by Gasteiger charge is 2.39. The van der Waals surface area contributed by atoms with E-state index >= 15 is 0 Å². The number of aryl methyl sites for hydroxylation is 1. The van der Waals surface area contributed by atoms with Crippen LogP contribution in [0.25, 0.3) is 0 Å². The fourth-order valence-corrected chi connectivity index (χ4v) is 3.98. The number of rotatable bonds is 12. The fraction of sp³-hybridized carbons (Fsp3) is 0.538. The van der Waals surface area contributed by atoms with E-state index in [0.29, 0.717) is 32.1 Å². The molecule has 1 aromatic carbocycles. The summed E-state index contributed by atoms with van der Waals surface area (Å²) in [7, 11) is 0. The van der Waals surface area contributed by atoms with Gasteiger partial charge in [-0.25, -0.2) is 0 Å². The van der Waals surface area contributed by atoms with Gasteiger partial charge in [-0.3, -0.25) is 9.59 Å². The first-order valence-corrected chi connectivity index (χ1v) is 11.3. The zero-order valence-corrected chi connectivity index (χ0v) is 18.7. The molecule has 5 nitrogen and oxygen atoms in total. The Labute approximate surface area is 185 Å². The summed E-state index contributed by atoms with van der Waals surface area (Å²) >= 11 is 0. The Hall–Kier alpha value is -2.24. The predicted octanol–water partition coefficient (Wildman–Crippen LogP) is 4.17. The molecule has 0 amide bonds. The average Bonchev–Trinajstić information content (AvgIpc) is 3.00. The number of ether oxygens (including phenoxy) is 1. The summed E-state index contributed by atoms with van der Waals surface area (Å²) in [6.07, 6.45) is 9.96. The van der Waals surface area contributed by atoms with Crippen molar-refractivity contribution in [2.75, 3.05) is 0 Å². The first-order valence-electron chi connectivity index (χ1n) is 11.3. The zero-order chi connectivity index (χ0) is 22.6. The van der Waals surface area contributed by atoms with Gasteiger partial charge in [-0.1, -0.05) is 48.6 Å². The molecule has 0 aromatic heterocycles. The summed E-state index contributed by atoms with van der Waals surface area (Å²) in [6, 6.07) is 9.88. The Balaban J connectivity index is 1.77. The first kappa shape index (κ1) is 25.0. The Morgan fingerprint density at radius 2 is 1.84 bits per heavy atom. The van der Waals surface area contributed by atoms with Crippen LogP contribution in [0.1, 0.15) is 57.9 Å². The second-order valence-corrected chi connectivity index (χ2v) is 8.56. The molecular formula is C26H36O5. The van der Waals surface area contributed by atoms with E-state index < -0.39 is 12.2 Å². The molecule has 1 aromatic rings. The van der Waals surface area contributed by atoms with Gasteiger partial charge in [0.25, 0.3) is 0 Å². The molecule has 0 unspecified atom stereocenters. The molecule has 1 aliphatic carbocycles. The van der Waals surface area contributed by atoms with E-state index in [2.05, 4.69) is 0 Å². The third-order valence-corrected chi connectivity index (χ3v) is 5.62. The Morgan fingerprint density at radius 3 is 2.55 bits per heavy atom. The molecule has 0 aliphatic heterocycles. The summed E-state index contributed by atoms with van der Waals surface area (Å²) < 4.78 is 5.11. The van der Waals surface area contributed by atoms with Gasteiger partial charge < -0.3 is 14.9 Å². The molecule has 0 radical (unpaired) electrons. The van der Waals surface area contributed by atoms with Gasteiger partial charge in [-0.15, -0.1) is 0 Å². The van der Waals surface area contributed by atoms with Gasteiger partial charge >= 0.3 is 5.97 Å². The summed E-state index contributed by atoms with van der Waals surface area (Å²) in [5.74, 6) is -0.503. The van der Waals surface area contributed by atoms with E-state index in [1.807, 2.05) is 56.3 Å². The van der Waals surface area contributed by atoms with Crippen molar-refractivity contribution in [2.45, 2.75) is 77.1 Å². The third kappa shape index (κ3) is 9.19. The van der Waals surface area contributed by atoms with Crippen LogP contribution >= 0.6 is 0 Å². The van der Waals surface area contributed by atoms with Crippen molar-refractivity contribution < 1.29 is 24.5 Å². The van der Waals surface area contributed by atoms with Gasteiger partial charge in [0.15, 0.2) is 5.78 Å². The number of esters is 1. The maximum Gasteiger partial charge on any atom is 0.306 e. The van der Waals surface area contributed by atoms with Crippen molar-refractivity contribution in [1.82, 2.24) is 0 Å². The molecule has 1 fully saturated rings. The lowest BCUT2D eigenvalue weighted by atomic mass is 9.89. The van der Waals surface area contributed by atoms with Crippen LogP contribution in [0.2, 0.25) is 0 Å². The summed E-state index contributed by atoms with van der Waals surface area (Å²) in [6.45, 7) is 3.67. The number of carbonyl (C=O) groups excluding carboxylic acids is 2. The molecule has 0 spiro atoms. The highest BCUT2D eigenvalue weighted by molar-refractivity contribution is 5.89. The number of hydrogen-bond donors (Lipinski definition) is 2. The lowest BCUT2D eigenvalue weighted by Gasteiger charge is -2.19. The minimum atomic E-state index is -0.641. The van der Waals surface area contributed by atoms with Crippen molar-refractivity contribution in [2.24, 2.45) is 11.8 Å². The van der Waals surface area contributed by atoms with Crippen LogP contribution in [0.15, 0.2) is 54.6 Å². The van der Waals surface area contributed by atoms with Crippen molar-refractivity contribution in [3.8, 4) is 0 Å². The van der Waals surface area contributed by atoms with E-state index in [9.17, 15) is 19.8 Å². The minimum absolute atomic E-state index is 0.0278. The maximum atomic E-state index is 12.2. The quantitative estimate of drug-likeness (QED) is 0.226. The Morgan fingerprint density at radius 1 is 1.10 bits per heavy atom. The smallest absolute Gasteiger partial charge is 0.306 e. The first-order chi connectivity index (χ1) is 14.9. The Kier molecular flexibility index (Phi) is 10.7. The number of benzene rings is 1. The van der Waals surface area contributed by atoms with Gasteiger partial charge in [-0.2, -0.15) is 0 Å². The Bertz CT molecular complexity index is 737. The molecule has 1 saturated carbocycles. The number of carbonyl (C=O) groups is 2. The largest absolute Gasteiger partial charge is 0.463 e. The van der Waals surface area contributed by atoms with Crippen molar-refractivity contribution in [1.29, 1.82) is 0 Å². The highest BCUT2D eigenvalue weighted by atomic mass is 16.5. The van der Waals surface area contributed by atoms with E-state index in [-0.39, 0.29) is 29.7 Å². The second kappa shape index (κ2) is 13.2. The topological polar surface area (TPSA) is 83.8 Å². The van der Waals surface area contributed by atoms with Crippen LogP contribution in [-0.4, -0.2) is 40.3 Å². The van der Waals surface area contributed by atoms with Gasteiger partial charge in [0.1, 0.15) is 0 Å². The van der Waals surface area contributed by atoms with Crippen LogP contribution < -0.4 is 0 Å². The number of aliphatic hydroxyl groups excluding tert-OH is 2. The standard InChI is InChI=1S/C26H36O5/c1-19(2)31-26(30)13-9-4-3-8-12-22-23(25(29)18-24(22)28)17-16-21(27)15-14-20-10-6-5-7-11-20/h3,5-8,10-11,16-17,19,22-25,28-29H,4,9,12-15,18H2,1-2H3/b8-3-,17-16+/t22-,23-,24+,25-/m1/s1. The number of hydrogen-bond acceptors (Lipinski definition) is 5. The van der Waals surface area contributed by atoms with Crippen molar-refractivity contribution >= 4 is 11.8 Å². The van der Waals surface area contributed by atoms with Crippen molar-refractivity contribution in [3.63, 3.8) is 0 Å². The van der Waals surface area contributed by atoms with Gasteiger partial charge in [0.05, 0.1) is 18.3 Å². The predicted molar refractivity (Wildman–Crippen MR) is 121 cm³/mol. The fourth-order valence-electron chi connectivity index (χ4n) is 3.98. The zero-order valence-electron chi connectivity index (χ0n) is 18.7. The van der Waals surface area contributed by atoms with Gasteiger partial charge in [0, 0.05) is 25.2 Å². The van der Waals surface area contributed by atoms with E-state index in [1.54, 1.807) is 12.2 Å². The average molecular weight is 429 g/mol. The number of ketones is 1. The molecular weight excluding hydrogens is 392 g/mol. The third-order valence-electron chi connectivity index (χ3n) is 5.62. The van der Waals surface area contributed by atoms with E-state index in [4.69, 9.17) is 4.74 Å². The van der Waals surface area contributed by atoms with Crippen LogP contribution in [-0.2, 0) is 20.7 Å². The number of unbranched alkanes of at least 4 members (excludes halogenated alkanes) is 1. The molecule has 5 heteroatoms. The molecule has 0 saturated heterocycles. The minimum Gasteiger partial charge on any atom is -0.463 e.